The highest BCUT2D eigenvalue weighted by molar-refractivity contribution is 5.74. The van der Waals surface area contributed by atoms with Gasteiger partial charge in [-0.05, 0) is 0 Å². The predicted octanol–water partition coefficient (Wildman–Crippen LogP) is -0.146. The van der Waals surface area contributed by atoms with Gasteiger partial charge < -0.3 is 57.5 Å². The summed E-state index contributed by atoms with van der Waals surface area (Å²) in [7, 11) is 3.51. The molecule has 0 aromatic carbocycles. The van der Waals surface area contributed by atoms with E-state index in [4.69, 9.17) is 37.9 Å². The average molecular weight is 579 g/mol. The molecule has 3 rings (SSSR count). The molecule has 3 aliphatic rings. The van der Waals surface area contributed by atoms with Crippen LogP contribution in [0.4, 0.5) is 9.59 Å². The van der Waals surface area contributed by atoms with Crippen molar-refractivity contribution in [1.82, 2.24) is 19.6 Å². The molecule has 3 fully saturated rings. The van der Waals surface area contributed by atoms with E-state index in [0.717, 1.165) is 0 Å². The van der Waals surface area contributed by atoms with Crippen molar-refractivity contribution in [3.05, 3.63) is 0 Å². The highest BCUT2D eigenvalue weighted by Crippen LogP contribution is 2.01. The fourth-order valence-electron chi connectivity index (χ4n) is 3.79. The summed E-state index contributed by atoms with van der Waals surface area (Å²) in [5.74, 6) is 0. The SMILES string of the molecule is CN1CCOCCOCCOCCOCCN(C)C(=O)N2CCOCCOCCN(CCOCCOCC2)C1=O. The lowest BCUT2D eigenvalue weighted by molar-refractivity contribution is -0.00547. The van der Waals surface area contributed by atoms with Crippen LogP contribution in [0.1, 0.15) is 0 Å². The van der Waals surface area contributed by atoms with Crippen molar-refractivity contribution >= 4 is 12.1 Å². The van der Waals surface area contributed by atoms with Gasteiger partial charge in [0.05, 0.1) is 106 Å². The number of carbonyl (C=O) groups is 2. The first-order valence-corrected chi connectivity index (χ1v) is 14.2. The van der Waals surface area contributed by atoms with Crippen molar-refractivity contribution in [3.63, 3.8) is 0 Å². The number of urea groups is 2. The second kappa shape index (κ2) is 22.9. The van der Waals surface area contributed by atoms with E-state index in [1.54, 1.807) is 33.7 Å². The Bertz CT molecular complexity index is 589. The van der Waals surface area contributed by atoms with Crippen molar-refractivity contribution in [1.29, 1.82) is 0 Å². The third kappa shape index (κ3) is 15.9. The fraction of sp³-hybridized carbons (Fsp3) is 0.923. The molecule has 0 aliphatic carbocycles. The molecule has 0 unspecified atom stereocenters. The minimum atomic E-state index is -0.113. The minimum absolute atomic E-state index is 0.113. The molecule has 0 saturated carbocycles. The van der Waals surface area contributed by atoms with E-state index >= 15 is 0 Å². The summed E-state index contributed by atoms with van der Waals surface area (Å²) in [5, 5.41) is 0. The van der Waals surface area contributed by atoms with E-state index in [9.17, 15) is 9.59 Å². The molecule has 4 amide bonds. The van der Waals surface area contributed by atoms with Crippen molar-refractivity contribution in [2.75, 3.05) is 159 Å². The Morgan fingerprint density at radius 2 is 0.550 bits per heavy atom. The smallest absolute Gasteiger partial charge is 0.319 e. The minimum Gasteiger partial charge on any atom is -0.377 e. The number of likely N-dealkylation sites (N-methyl/N-ethyl adjacent to an activating group) is 2. The van der Waals surface area contributed by atoms with Crippen LogP contribution in [-0.4, -0.2) is 191 Å². The van der Waals surface area contributed by atoms with Crippen molar-refractivity contribution in [2.24, 2.45) is 0 Å². The van der Waals surface area contributed by atoms with Gasteiger partial charge in [0, 0.05) is 53.4 Å². The Labute approximate surface area is 238 Å². The summed E-state index contributed by atoms with van der Waals surface area (Å²) < 4.78 is 45.1. The van der Waals surface area contributed by atoms with Gasteiger partial charge in [-0.1, -0.05) is 0 Å². The Morgan fingerprint density at radius 3 is 0.800 bits per heavy atom. The molecule has 3 heterocycles. The summed E-state index contributed by atoms with van der Waals surface area (Å²) in [6, 6.07) is -0.226. The fourth-order valence-corrected chi connectivity index (χ4v) is 3.79. The van der Waals surface area contributed by atoms with Crippen LogP contribution in [0.2, 0.25) is 0 Å². The van der Waals surface area contributed by atoms with Crippen LogP contribution in [-0.2, 0) is 37.9 Å². The molecule has 3 saturated heterocycles. The summed E-state index contributed by atoms with van der Waals surface area (Å²) in [4.78, 5) is 32.8. The summed E-state index contributed by atoms with van der Waals surface area (Å²) in [6.45, 7) is 9.20. The quantitative estimate of drug-likeness (QED) is 0.359. The van der Waals surface area contributed by atoms with Crippen LogP contribution < -0.4 is 0 Å². The third-order valence-electron chi connectivity index (χ3n) is 6.22. The van der Waals surface area contributed by atoms with E-state index in [0.29, 0.717) is 145 Å². The summed E-state index contributed by atoms with van der Waals surface area (Å²) in [5.41, 5.74) is 0. The van der Waals surface area contributed by atoms with Crippen LogP contribution in [0.5, 0.6) is 0 Å². The van der Waals surface area contributed by atoms with E-state index in [-0.39, 0.29) is 12.1 Å². The second-order valence-corrected chi connectivity index (χ2v) is 9.28. The zero-order valence-electron chi connectivity index (χ0n) is 24.4. The highest BCUT2D eigenvalue weighted by atomic mass is 16.6. The van der Waals surface area contributed by atoms with Gasteiger partial charge in [0.2, 0.25) is 0 Å². The molecule has 0 aromatic rings. The molecule has 0 radical (unpaired) electrons. The number of hydrogen-bond acceptors (Lipinski definition) is 10. The molecule has 14 heteroatoms. The van der Waals surface area contributed by atoms with E-state index in [1.165, 1.54) is 0 Å². The number of ether oxygens (including phenoxy) is 8. The molecule has 40 heavy (non-hydrogen) atoms. The zero-order valence-corrected chi connectivity index (χ0v) is 24.4. The van der Waals surface area contributed by atoms with Gasteiger partial charge in [0.25, 0.3) is 0 Å². The molecular formula is C26H50N4O10. The molecule has 0 aromatic heterocycles. The number of carbonyl (C=O) groups excluding carboxylic acids is 2. The lowest BCUT2D eigenvalue weighted by Gasteiger charge is -2.29. The van der Waals surface area contributed by atoms with Gasteiger partial charge in [-0.25, -0.2) is 9.59 Å². The Hall–Kier alpha value is -1.78. The van der Waals surface area contributed by atoms with Gasteiger partial charge in [-0.2, -0.15) is 0 Å². The first kappa shape index (κ1) is 34.4. The topological polar surface area (TPSA) is 121 Å². The van der Waals surface area contributed by atoms with Crippen LogP contribution in [0.15, 0.2) is 0 Å². The largest absolute Gasteiger partial charge is 0.377 e. The number of fused-ring (bicyclic) bond motifs is 31. The standard InChI is InChI=1S/C26H50N4O10/c1-27-3-9-33-19-21-39-23-24-40-22-20-34-10-4-28(2)26(32)30-7-13-37-17-15-35-11-5-29(25(27)31)6-12-36-16-18-38-14-8-30/h3-24H2,1-2H3. The highest BCUT2D eigenvalue weighted by Gasteiger charge is 2.19. The Morgan fingerprint density at radius 1 is 0.350 bits per heavy atom. The molecule has 2 bridgehead atoms. The third-order valence-corrected chi connectivity index (χ3v) is 6.22. The Kier molecular flexibility index (Phi) is 19.7. The maximum atomic E-state index is 13.0. The van der Waals surface area contributed by atoms with E-state index in [2.05, 4.69) is 0 Å². The average Bonchev–Trinajstić information content (AvgIpc) is 2.95. The first-order chi connectivity index (χ1) is 19.6. The number of nitrogens with zero attached hydrogens (tertiary/aromatic N) is 4. The van der Waals surface area contributed by atoms with Gasteiger partial charge in [-0.15, -0.1) is 0 Å². The zero-order chi connectivity index (χ0) is 28.7. The van der Waals surface area contributed by atoms with Crippen LogP contribution >= 0.6 is 0 Å². The molecule has 234 valence electrons. The maximum Gasteiger partial charge on any atom is 0.319 e. The Balaban J connectivity index is 1.96. The second-order valence-electron chi connectivity index (χ2n) is 9.28. The van der Waals surface area contributed by atoms with Crippen LogP contribution in [0, 0.1) is 0 Å². The van der Waals surface area contributed by atoms with E-state index in [1.807, 2.05) is 0 Å². The monoisotopic (exact) mass is 578 g/mol. The normalized spacial score (nSPS) is 23.6. The lowest BCUT2D eigenvalue weighted by atomic mass is 10.4. The predicted molar refractivity (Wildman–Crippen MR) is 146 cm³/mol. The van der Waals surface area contributed by atoms with Gasteiger partial charge in [0.15, 0.2) is 0 Å². The maximum absolute atomic E-state index is 13.0. The number of amides is 4. The summed E-state index contributed by atoms with van der Waals surface area (Å²) in [6.07, 6.45) is 0. The molecule has 0 N–H and O–H groups in total. The molecular weight excluding hydrogens is 528 g/mol. The summed E-state index contributed by atoms with van der Waals surface area (Å²) >= 11 is 0. The van der Waals surface area contributed by atoms with Crippen LogP contribution in [0.25, 0.3) is 0 Å². The van der Waals surface area contributed by atoms with Crippen LogP contribution in [0.3, 0.4) is 0 Å². The lowest BCUT2D eigenvalue weighted by Crippen LogP contribution is -2.46. The van der Waals surface area contributed by atoms with Crippen molar-refractivity contribution in [3.8, 4) is 0 Å². The molecule has 0 spiro atoms. The van der Waals surface area contributed by atoms with Gasteiger partial charge in [-0.3, -0.25) is 0 Å². The van der Waals surface area contributed by atoms with Gasteiger partial charge in [0.1, 0.15) is 0 Å². The molecule has 3 aliphatic heterocycles. The number of hydrogen-bond donors (Lipinski definition) is 0. The molecule has 0 atom stereocenters. The molecule has 14 nitrogen and oxygen atoms in total. The van der Waals surface area contributed by atoms with Crippen molar-refractivity contribution < 1.29 is 47.5 Å². The first-order valence-electron chi connectivity index (χ1n) is 14.2. The number of rotatable bonds is 0. The van der Waals surface area contributed by atoms with Gasteiger partial charge >= 0.3 is 12.1 Å². The van der Waals surface area contributed by atoms with E-state index < -0.39 is 0 Å². The van der Waals surface area contributed by atoms with Crippen molar-refractivity contribution in [2.45, 2.75) is 0 Å².